The molecule has 2 atom stereocenters. The van der Waals surface area contributed by atoms with Gasteiger partial charge in [-0.25, -0.2) is 13.4 Å². The lowest BCUT2D eigenvalue weighted by Gasteiger charge is -2.15. The van der Waals surface area contributed by atoms with Crippen molar-refractivity contribution in [1.82, 2.24) is 14.6 Å². The molecule has 1 aliphatic rings. The van der Waals surface area contributed by atoms with Crippen LogP contribution in [0.4, 0.5) is 0 Å². The predicted molar refractivity (Wildman–Crippen MR) is 78.7 cm³/mol. The Morgan fingerprint density at radius 1 is 1.30 bits per heavy atom. The molecule has 0 bridgehead atoms. The fourth-order valence-electron chi connectivity index (χ4n) is 2.34. The Kier molecular flexibility index (Phi) is 4.78. The molecule has 0 aromatic carbocycles. The monoisotopic (exact) mass is 297 g/mol. The van der Waals surface area contributed by atoms with Crippen LogP contribution in [0.2, 0.25) is 0 Å². The van der Waals surface area contributed by atoms with Gasteiger partial charge in [-0.3, -0.25) is 0 Å². The van der Waals surface area contributed by atoms with Crippen LogP contribution in [0.15, 0.2) is 23.4 Å². The third-order valence-electron chi connectivity index (χ3n) is 3.94. The summed E-state index contributed by atoms with van der Waals surface area (Å²) in [5, 5.41) is 3.34. The maximum absolute atomic E-state index is 12.5. The van der Waals surface area contributed by atoms with Crippen molar-refractivity contribution in [2.24, 2.45) is 11.8 Å². The lowest BCUT2D eigenvalue weighted by atomic mass is 10.0. The third kappa shape index (κ3) is 3.19. The summed E-state index contributed by atoms with van der Waals surface area (Å²) in [5.41, 5.74) is 0.994. The molecule has 0 spiro atoms. The van der Waals surface area contributed by atoms with Gasteiger partial charge >= 0.3 is 0 Å². The topological polar surface area (TPSA) is 62.3 Å². The first-order chi connectivity index (χ1) is 9.45. The van der Waals surface area contributed by atoms with E-state index >= 15 is 0 Å². The molecule has 1 aromatic heterocycles. The van der Waals surface area contributed by atoms with E-state index in [0.29, 0.717) is 31.5 Å². The van der Waals surface area contributed by atoms with Crippen LogP contribution in [0.5, 0.6) is 0 Å². The third-order valence-corrected chi connectivity index (χ3v) is 5.68. The van der Waals surface area contributed by atoms with Gasteiger partial charge < -0.3 is 5.32 Å². The van der Waals surface area contributed by atoms with Gasteiger partial charge in [0.25, 0.3) is 10.0 Å². The van der Waals surface area contributed by atoms with E-state index in [0.717, 1.165) is 12.1 Å². The maximum Gasteiger partial charge on any atom is 0.260 e. The van der Waals surface area contributed by atoms with Gasteiger partial charge in [-0.15, -0.1) is 0 Å². The first kappa shape index (κ1) is 15.4. The van der Waals surface area contributed by atoms with Crippen molar-refractivity contribution >= 4 is 10.0 Å². The first-order valence-corrected chi connectivity index (χ1v) is 8.55. The van der Waals surface area contributed by atoms with Gasteiger partial charge in [-0.1, -0.05) is 26.8 Å². The number of nitrogens with zero attached hydrogens (tertiary/aromatic N) is 2. The Bertz CT molecular complexity index is 532. The highest BCUT2D eigenvalue weighted by atomic mass is 32.2. The molecule has 1 aliphatic heterocycles. The molecule has 0 radical (unpaired) electrons. The summed E-state index contributed by atoms with van der Waals surface area (Å²) < 4.78 is 26.5. The molecule has 1 aromatic rings. The Balaban J connectivity index is 2.14. The summed E-state index contributed by atoms with van der Waals surface area (Å²) in [6.07, 6.45) is 1.64. The first-order valence-electron chi connectivity index (χ1n) is 7.11. The molecule has 1 saturated heterocycles. The molecule has 1 fully saturated rings. The minimum Gasteiger partial charge on any atom is -0.313 e. The minimum atomic E-state index is -3.44. The summed E-state index contributed by atoms with van der Waals surface area (Å²) in [6.45, 7) is 8.97. The number of hydrogen-bond acceptors (Lipinski definition) is 4. The highest BCUT2D eigenvalue weighted by molar-refractivity contribution is 7.89. The van der Waals surface area contributed by atoms with E-state index in [9.17, 15) is 8.42 Å². The quantitative estimate of drug-likeness (QED) is 0.894. The summed E-state index contributed by atoms with van der Waals surface area (Å²) in [6, 6.07) is 3.43. The van der Waals surface area contributed by atoms with Crippen molar-refractivity contribution in [1.29, 1.82) is 0 Å². The molecule has 112 valence electrons. The number of rotatable bonds is 5. The van der Waals surface area contributed by atoms with Gasteiger partial charge in [-0.2, -0.15) is 4.31 Å². The van der Waals surface area contributed by atoms with Gasteiger partial charge in [0, 0.05) is 25.8 Å². The number of nitrogens with one attached hydrogen (secondary N) is 1. The van der Waals surface area contributed by atoms with Gasteiger partial charge in [-0.05, 0) is 30.0 Å². The van der Waals surface area contributed by atoms with Crippen LogP contribution in [0.25, 0.3) is 0 Å². The van der Waals surface area contributed by atoms with Crippen molar-refractivity contribution in [2.75, 3.05) is 19.6 Å². The normalized spacial score (nSPS) is 24.1. The Morgan fingerprint density at radius 3 is 2.45 bits per heavy atom. The number of hydrogen-bond donors (Lipinski definition) is 1. The zero-order valence-electron chi connectivity index (χ0n) is 12.3. The predicted octanol–water partition coefficient (Wildman–Crippen LogP) is 1.47. The van der Waals surface area contributed by atoms with Gasteiger partial charge in [0.05, 0.1) is 0 Å². The van der Waals surface area contributed by atoms with Crippen LogP contribution in [-0.4, -0.2) is 37.3 Å². The van der Waals surface area contributed by atoms with E-state index in [1.165, 1.54) is 0 Å². The number of aromatic nitrogens is 1. The molecule has 2 heterocycles. The van der Waals surface area contributed by atoms with Crippen LogP contribution >= 0.6 is 0 Å². The van der Waals surface area contributed by atoms with Crippen LogP contribution in [0.3, 0.4) is 0 Å². The second-order valence-corrected chi connectivity index (χ2v) is 7.45. The molecular formula is C14H23N3O2S. The molecule has 2 rings (SSSR count). The fraction of sp³-hybridized carbons (Fsp3) is 0.643. The highest BCUT2D eigenvalue weighted by Crippen LogP contribution is 2.27. The summed E-state index contributed by atoms with van der Waals surface area (Å²) in [4.78, 5) is 4.13. The van der Waals surface area contributed by atoms with Gasteiger partial charge in [0.1, 0.15) is 0 Å². The molecule has 0 saturated carbocycles. The summed E-state index contributed by atoms with van der Waals surface area (Å²) in [7, 11) is -3.44. The highest BCUT2D eigenvalue weighted by Gasteiger charge is 2.35. The van der Waals surface area contributed by atoms with Crippen LogP contribution in [0, 0.1) is 11.8 Å². The van der Waals surface area contributed by atoms with Crippen molar-refractivity contribution in [2.45, 2.75) is 32.3 Å². The molecule has 0 amide bonds. The maximum atomic E-state index is 12.5. The summed E-state index contributed by atoms with van der Waals surface area (Å²) >= 11 is 0. The zero-order chi connectivity index (χ0) is 14.8. The fourth-order valence-corrected chi connectivity index (χ4v) is 3.90. The van der Waals surface area contributed by atoms with E-state index in [4.69, 9.17) is 0 Å². The molecule has 5 nitrogen and oxygen atoms in total. The van der Waals surface area contributed by atoms with E-state index in [-0.39, 0.29) is 5.03 Å². The second-order valence-electron chi connectivity index (χ2n) is 5.56. The van der Waals surface area contributed by atoms with E-state index in [1.54, 1.807) is 16.6 Å². The van der Waals surface area contributed by atoms with Crippen LogP contribution in [-0.2, 0) is 16.6 Å². The van der Waals surface area contributed by atoms with Crippen molar-refractivity contribution in [3.63, 3.8) is 0 Å². The lowest BCUT2D eigenvalue weighted by molar-refractivity contribution is 0.460. The molecule has 2 unspecified atom stereocenters. The molecule has 1 N–H and O–H groups in total. The lowest BCUT2D eigenvalue weighted by Crippen LogP contribution is -2.29. The molecule has 6 heteroatoms. The smallest absolute Gasteiger partial charge is 0.260 e. The number of pyridine rings is 1. The molecule has 20 heavy (non-hydrogen) atoms. The standard InChI is InChI=1S/C14H23N3O2S/c1-4-15-7-13-5-6-14(16-8-13)20(18,19)17-9-11(2)12(3)10-17/h5-6,8,11-12,15H,4,7,9-10H2,1-3H3. The zero-order valence-corrected chi connectivity index (χ0v) is 13.2. The van der Waals surface area contributed by atoms with Crippen LogP contribution < -0.4 is 5.32 Å². The Labute approximate surface area is 121 Å². The van der Waals surface area contributed by atoms with E-state index in [1.807, 2.05) is 13.0 Å². The Hall–Kier alpha value is -0.980. The second kappa shape index (κ2) is 6.20. The largest absolute Gasteiger partial charge is 0.313 e. The average molecular weight is 297 g/mol. The van der Waals surface area contributed by atoms with Crippen LogP contribution in [0.1, 0.15) is 26.3 Å². The molecule has 0 aliphatic carbocycles. The SMILES string of the molecule is CCNCc1ccc(S(=O)(=O)N2CC(C)C(C)C2)nc1. The summed E-state index contributed by atoms with van der Waals surface area (Å²) in [5.74, 6) is 0.801. The Morgan fingerprint density at radius 2 is 1.95 bits per heavy atom. The molecular weight excluding hydrogens is 274 g/mol. The number of sulfonamides is 1. The van der Waals surface area contributed by atoms with Gasteiger partial charge in [0.2, 0.25) is 0 Å². The minimum absolute atomic E-state index is 0.152. The average Bonchev–Trinajstić information content (AvgIpc) is 2.77. The van der Waals surface area contributed by atoms with Crippen molar-refractivity contribution in [3.8, 4) is 0 Å². The van der Waals surface area contributed by atoms with E-state index in [2.05, 4.69) is 24.1 Å². The van der Waals surface area contributed by atoms with E-state index < -0.39 is 10.0 Å². The van der Waals surface area contributed by atoms with Gasteiger partial charge in [0.15, 0.2) is 5.03 Å². The van der Waals surface area contributed by atoms with Crippen molar-refractivity contribution < 1.29 is 8.42 Å². The van der Waals surface area contributed by atoms with Crippen molar-refractivity contribution in [3.05, 3.63) is 23.9 Å².